The Bertz CT molecular complexity index is 779. The van der Waals surface area contributed by atoms with Gasteiger partial charge in [-0.25, -0.2) is 9.59 Å². The number of halogens is 3. The highest BCUT2D eigenvalue weighted by Crippen LogP contribution is 2.34. The van der Waals surface area contributed by atoms with Gasteiger partial charge < -0.3 is 13.9 Å². The second-order valence-electron chi connectivity index (χ2n) is 4.65. The highest BCUT2D eigenvalue weighted by Gasteiger charge is 2.34. The van der Waals surface area contributed by atoms with Crippen LogP contribution in [0.15, 0.2) is 33.5 Å². The molecule has 0 aliphatic heterocycles. The number of carbonyl (C=O) groups excluding carboxylic acids is 1. The summed E-state index contributed by atoms with van der Waals surface area (Å²) in [5.41, 5.74) is -2.49. The lowest BCUT2D eigenvalue weighted by Crippen LogP contribution is -2.26. The minimum atomic E-state index is -4.69. The van der Waals surface area contributed by atoms with Crippen LogP contribution < -0.4 is 10.4 Å². The van der Waals surface area contributed by atoms with Crippen LogP contribution in [-0.2, 0) is 15.7 Å². The van der Waals surface area contributed by atoms with Crippen LogP contribution in [0.1, 0.15) is 19.4 Å². The van der Waals surface area contributed by atoms with E-state index in [2.05, 4.69) is 0 Å². The lowest BCUT2D eigenvalue weighted by molar-refractivity contribution is -0.150. The first-order chi connectivity index (χ1) is 10.7. The van der Waals surface area contributed by atoms with Crippen LogP contribution >= 0.6 is 0 Å². The molecule has 2 rings (SSSR count). The first kappa shape index (κ1) is 16.9. The Labute approximate surface area is 128 Å². The van der Waals surface area contributed by atoms with Crippen molar-refractivity contribution in [3.8, 4) is 5.75 Å². The fourth-order valence-electron chi connectivity index (χ4n) is 1.96. The minimum absolute atomic E-state index is 0.0838. The standard InChI is InChI=1S/C15H13F3O5/c1-3-21-14(20)8(2)22-9-4-5-10-11(15(16,17)18)7-13(19)23-12(10)6-9/h4-8H,3H2,1-2H3/t8-/m0/s1. The molecule has 1 aromatic heterocycles. The van der Waals surface area contributed by atoms with Gasteiger partial charge >= 0.3 is 17.8 Å². The van der Waals surface area contributed by atoms with Gasteiger partial charge in [0.25, 0.3) is 0 Å². The third-order valence-electron chi connectivity index (χ3n) is 2.95. The molecule has 0 aliphatic carbocycles. The first-order valence-corrected chi connectivity index (χ1v) is 6.70. The largest absolute Gasteiger partial charge is 0.479 e. The number of fused-ring (bicyclic) bond motifs is 1. The maximum atomic E-state index is 12.9. The van der Waals surface area contributed by atoms with E-state index in [1.807, 2.05) is 0 Å². The van der Waals surface area contributed by atoms with E-state index in [1.165, 1.54) is 13.0 Å². The van der Waals surface area contributed by atoms with E-state index in [-0.39, 0.29) is 23.3 Å². The predicted molar refractivity (Wildman–Crippen MR) is 74.2 cm³/mol. The molecule has 1 heterocycles. The number of ether oxygens (including phenoxy) is 2. The topological polar surface area (TPSA) is 65.7 Å². The van der Waals surface area contributed by atoms with Crippen molar-refractivity contribution in [2.24, 2.45) is 0 Å². The Morgan fingerprint density at radius 3 is 2.61 bits per heavy atom. The molecule has 2 aromatic rings. The number of alkyl halides is 3. The highest BCUT2D eigenvalue weighted by atomic mass is 19.4. The first-order valence-electron chi connectivity index (χ1n) is 6.70. The second-order valence-corrected chi connectivity index (χ2v) is 4.65. The number of hydrogen-bond donors (Lipinski definition) is 0. The Hall–Kier alpha value is -2.51. The molecule has 1 aromatic carbocycles. The van der Waals surface area contributed by atoms with Crippen LogP contribution in [0.5, 0.6) is 5.75 Å². The number of benzene rings is 1. The zero-order valence-corrected chi connectivity index (χ0v) is 12.3. The van der Waals surface area contributed by atoms with E-state index in [9.17, 15) is 22.8 Å². The van der Waals surface area contributed by atoms with Crippen molar-refractivity contribution in [3.05, 3.63) is 40.2 Å². The minimum Gasteiger partial charge on any atom is -0.479 e. The smallest absolute Gasteiger partial charge is 0.417 e. The average molecular weight is 330 g/mol. The molecule has 0 saturated heterocycles. The third kappa shape index (κ3) is 3.82. The molecule has 0 saturated carbocycles. The van der Waals surface area contributed by atoms with E-state index in [1.54, 1.807) is 6.92 Å². The fraction of sp³-hybridized carbons (Fsp3) is 0.333. The van der Waals surface area contributed by atoms with Crippen LogP contribution in [0, 0.1) is 0 Å². The normalized spacial score (nSPS) is 12.9. The summed E-state index contributed by atoms with van der Waals surface area (Å²) in [7, 11) is 0. The van der Waals surface area contributed by atoms with Crippen LogP contribution in [0.3, 0.4) is 0 Å². The summed E-state index contributed by atoms with van der Waals surface area (Å²) in [6.45, 7) is 3.24. The van der Waals surface area contributed by atoms with Crippen molar-refractivity contribution in [3.63, 3.8) is 0 Å². The molecular formula is C15H13F3O5. The quantitative estimate of drug-likeness (QED) is 0.636. The van der Waals surface area contributed by atoms with E-state index in [0.29, 0.717) is 6.07 Å². The van der Waals surface area contributed by atoms with Gasteiger partial charge in [0.05, 0.1) is 12.2 Å². The van der Waals surface area contributed by atoms with Gasteiger partial charge in [0, 0.05) is 17.5 Å². The van der Waals surface area contributed by atoms with Gasteiger partial charge in [-0.1, -0.05) is 0 Å². The Morgan fingerprint density at radius 2 is 2.00 bits per heavy atom. The molecule has 0 N–H and O–H groups in total. The van der Waals surface area contributed by atoms with Crippen LogP contribution in [0.4, 0.5) is 13.2 Å². The molecule has 0 amide bonds. The van der Waals surface area contributed by atoms with E-state index >= 15 is 0 Å². The van der Waals surface area contributed by atoms with Crippen LogP contribution in [0.2, 0.25) is 0 Å². The monoisotopic (exact) mass is 330 g/mol. The number of carbonyl (C=O) groups is 1. The van der Waals surface area contributed by atoms with Crippen molar-refractivity contribution in [1.82, 2.24) is 0 Å². The maximum Gasteiger partial charge on any atom is 0.417 e. The Morgan fingerprint density at radius 1 is 1.30 bits per heavy atom. The predicted octanol–water partition coefficient (Wildman–Crippen LogP) is 3.14. The summed E-state index contributed by atoms with van der Waals surface area (Å²) in [6, 6.07) is 3.90. The van der Waals surface area contributed by atoms with Gasteiger partial charge in [0.15, 0.2) is 6.10 Å². The summed E-state index contributed by atoms with van der Waals surface area (Å²) in [4.78, 5) is 22.8. The molecule has 8 heteroatoms. The van der Waals surface area contributed by atoms with Gasteiger partial charge in [0.2, 0.25) is 0 Å². The molecule has 23 heavy (non-hydrogen) atoms. The Kier molecular flexibility index (Phi) is 4.63. The third-order valence-corrected chi connectivity index (χ3v) is 2.95. The van der Waals surface area contributed by atoms with Crippen molar-refractivity contribution >= 4 is 16.9 Å². The van der Waals surface area contributed by atoms with Crippen molar-refractivity contribution in [2.75, 3.05) is 6.61 Å². The molecular weight excluding hydrogens is 317 g/mol. The molecule has 0 radical (unpaired) electrons. The molecule has 1 atom stereocenters. The van der Waals surface area contributed by atoms with E-state index in [4.69, 9.17) is 13.9 Å². The molecule has 0 fully saturated rings. The summed E-state index contributed by atoms with van der Waals surface area (Å²) < 4.78 is 53.6. The zero-order valence-electron chi connectivity index (χ0n) is 12.3. The highest BCUT2D eigenvalue weighted by molar-refractivity contribution is 5.82. The van der Waals surface area contributed by atoms with Crippen LogP contribution in [-0.4, -0.2) is 18.7 Å². The van der Waals surface area contributed by atoms with Gasteiger partial charge in [-0.2, -0.15) is 13.2 Å². The molecule has 0 bridgehead atoms. The summed E-state index contributed by atoms with van der Waals surface area (Å²) in [5.74, 6) is -0.529. The maximum absolute atomic E-state index is 12.9. The molecule has 0 aliphatic rings. The molecule has 0 unspecified atom stereocenters. The lowest BCUT2D eigenvalue weighted by atomic mass is 10.1. The van der Waals surface area contributed by atoms with Crippen LogP contribution in [0.25, 0.3) is 11.0 Å². The number of hydrogen-bond acceptors (Lipinski definition) is 5. The molecule has 0 spiro atoms. The summed E-state index contributed by atoms with van der Waals surface area (Å²) in [6.07, 6.45) is -5.64. The fourth-order valence-corrected chi connectivity index (χ4v) is 1.96. The number of rotatable bonds is 4. The summed E-state index contributed by atoms with van der Waals surface area (Å²) in [5, 5.41) is -0.270. The van der Waals surface area contributed by atoms with E-state index in [0.717, 1.165) is 12.1 Å². The Balaban J connectivity index is 2.40. The van der Waals surface area contributed by atoms with Gasteiger partial charge in [-0.15, -0.1) is 0 Å². The van der Waals surface area contributed by atoms with Crippen molar-refractivity contribution in [2.45, 2.75) is 26.1 Å². The van der Waals surface area contributed by atoms with E-state index < -0.39 is 29.4 Å². The van der Waals surface area contributed by atoms with Gasteiger partial charge in [-0.3, -0.25) is 0 Å². The van der Waals surface area contributed by atoms with Crippen molar-refractivity contribution in [1.29, 1.82) is 0 Å². The van der Waals surface area contributed by atoms with Crippen molar-refractivity contribution < 1.29 is 31.9 Å². The molecule has 124 valence electrons. The zero-order chi connectivity index (χ0) is 17.2. The lowest BCUT2D eigenvalue weighted by Gasteiger charge is -2.14. The summed E-state index contributed by atoms with van der Waals surface area (Å²) >= 11 is 0. The van der Waals surface area contributed by atoms with Gasteiger partial charge in [0.1, 0.15) is 11.3 Å². The second kappa shape index (κ2) is 6.31. The van der Waals surface area contributed by atoms with Gasteiger partial charge in [-0.05, 0) is 26.0 Å². The molecule has 5 nitrogen and oxygen atoms in total. The average Bonchev–Trinajstić information content (AvgIpc) is 2.45. The number of esters is 1. The SMILES string of the molecule is CCOC(=O)[C@H](C)Oc1ccc2c(C(F)(F)F)cc(=O)oc2c1.